The summed E-state index contributed by atoms with van der Waals surface area (Å²) in [5.74, 6) is 0. The van der Waals surface area contributed by atoms with Crippen molar-refractivity contribution >= 4 is 38.9 Å². The van der Waals surface area contributed by atoms with Crippen LogP contribution in [-0.4, -0.2) is 4.57 Å². The van der Waals surface area contributed by atoms with E-state index in [-0.39, 0.29) is 10.8 Å². The van der Waals surface area contributed by atoms with Crippen molar-refractivity contribution in [2.75, 3.05) is 4.90 Å². The van der Waals surface area contributed by atoms with Gasteiger partial charge in [0.2, 0.25) is 0 Å². The molecule has 2 aliphatic carbocycles. The normalized spacial score (nSPS) is 13.1. The number of hydrogen-bond donors (Lipinski definition) is 0. The van der Waals surface area contributed by atoms with Gasteiger partial charge in [-0.3, -0.25) is 0 Å². The number of para-hydroxylation sites is 1. The van der Waals surface area contributed by atoms with Crippen LogP contribution in [0.2, 0.25) is 0 Å². The van der Waals surface area contributed by atoms with Crippen LogP contribution in [0.25, 0.3) is 139 Å². The first-order chi connectivity index (χ1) is 48.1. The van der Waals surface area contributed by atoms with Gasteiger partial charge < -0.3 is 9.47 Å². The maximum Gasteiger partial charge on any atom is 0.0544 e. The highest BCUT2D eigenvalue weighted by molar-refractivity contribution is 6.12. The predicted octanol–water partition coefficient (Wildman–Crippen LogP) is 26.2. The Kier molecular flexibility index (Phi) is 13.9. The summed E-state index contributed by atoms with van der Waals surface area (Å²) in [5.41, 5.74) is 35.8. The Labute approximate surface area is 574 Å². The minimum atomic E-state index is -0.340. The quantitative estimate of drug-likeness (QED) is 0.118. The highest BCUT2D eigenvalue weighted by Crippen LogP contribution is 2.54. The van der Waals surface area contributed by atoms with Crippen LogP contribution in [-0.2, 0) is 10.8 Å². The first-order valence-electron chi connectivity index (χ1n) is 34.3. The highest BCUT2D eigenvalue weighted by Gasteiger charge is 2.39. The zero-order valence-electron chi connectivity index (χ0n) is 55.4. The molecule has 0 bridgehead atoms. The lowest BCUT2D eigenvalue weighted by atomic mass is 9.82. The molecule has 0 saturated carbocycles. The standard InChI is InChI=1S/C96H70N2/c1-95(2)89-43-19-17-41-83(89)87-61-88-86-42-18-20-44-93(86)98(94(88)62-92(87)95)82-46-48-85-84-47-45-81(59-90(84)96(3,4)91(85)60-82)97(79-39-23-37-71(57-79)67-33-21-35-69(49-67)77-53-73(63-25-9-5-10-26-63)51-74(54-77)64-27-11-6-12-28-64)80-40-24-38-72(58-80)68-34-22-36-70(50-68)78-55-75(65-29-13-7-14-30-65)52-76(56-78)66-31-15-8-16-32-66/h5-62H,1-4H3. The first kappa shape index (κ1) is 58.5. The fourth-order valence-electron chi connectivity index (χ4n) is 16.1. The monoisotopic (exact) mass is 1250 g/mol. The maximum absolute atomic E-state index is 2.52. The second kappa shape index (κ2) is 23.4. The average Bonchev–Trinajstić information content (AvgIpc) is 1.55. The fourth-order valence-corrected chi connectivity index (χ4v) is 16.1. The topological polar surface area (TPSA) is 8.17 Å². The molecule has 0 aliphatic heterocycles. The molecule has 1 heterocycles. The second-order valence-electron chi connectivity index (χ2n) is 27.7. The van der Waals surface area contributed by atoms with Crippen molar-refractivity contribution in [3.63, 3.8) is 0 Å². The third-order valence-corrected chi connectivity index (χ3v) is 21.1. The Bertz CT molecular complexity index is 5460. The van der Waals surface area contributed by atoms with Crippen molar-refractivity contribution in [1.82, 2.24) is 4.57 Å². The van der Waals surface area contributed by atoms with Gasteiger partial charge in [-0.05, 0) is 249 Å². The fraction of sp³-hybridized carbons (Fsp3) is 0.0625. The smallest absolute Gasteiger partial charge is 0.0544 e. The summed E-state index contributed by atoms with van der Waals surface area (Å²) < 4.78 is 2.52. The van der Waals surface area contributed by atoms with E-state index in [0.717, 1.165) is 50.4 Å². The van der Waals surface area contributed by atoms with Crippen molar-refractivity contribution in [2.45, 2.75) is 38.5 Å². The second-order valence-corrected chi connectivity index (χ2v) is 27.7. The van der Waals surface area contributed by atoms with Crippen molar-refractivity contribution in [3.05, 3.63) is 374 Å². The van der Waals surface area contributed by atoms with Gasteiger partial charge in [-0.1, -0.05) is 264 Å². The minimum absolute atomic E-state index is 0.124. The molecular weight excluding hydrogens is 1180 g/mol. The number of aromatic nitrogens is 1. The van der Waals surface area contributed by atoms with E-state index in [1.807, 2.05) is 0 Å². The third kappa shape index (κ3) is 10.0. The van der Waals surface area contributed by atoms with E-state index >= 15 is 0 Å². The maximum atomic E-state index is 2.52. The van der Waals surface area contributed by atoms with Crippen LogP contribution in [0.5, 0.6) is 0 Å². The third-order valence-electron chi connectivity index (χ3n) is 21.1. The van der Waals surface area contributed by atoms with Crippen LogP contribution in [0.3, 0.4) is 0 Å². The molecule has 0 spiro atoms. The lowest BCUT2D eigenvalue weighted by Crippen LogP contribution is -2.17. The van der Waals surface area contributed by atoms with Crippen LogP contribution < -0.4 is 4.90 Å². The van der Waals surface area contributed by atoms with Crippen LogP contribution >= 0.6 is 0 Å². The van der Waals surface area contributed by atoms with Crippen molar-refractivity contribution < 1.29 is 0 Å². The SMILES string of the molecule is CC1(C)c2cc(N(c3cccc(-c4cccc(-c5cc(-c6ccccc6)cc(-c6ccccc6)c5)c4)c3)c3cccc(-c4cccc(-c5cc(-c6ccccc6)cc(-c6ccccc6)c5)c4)c3)ccc2-c2ccc(-n3c4ccccc4c4cc5c(cc43)C(C)(C)c3ccccc3-5)cc21. The summed E-state index contributed by atoms with van der Waals surface area (Å²) in [7, 11) is 0. The van der Waals surface area contributed by atoms with Gasteiger partial charge in [0.05, 0.1) is 11.0 Å². The zero-order valence-corrected chi connectivity index (χ0v) is 55.4. The van der Waals surface area contributed by atoms with Crippen LogP contribution in [0.1, 0.15) is 49.9 Å². The number of fused-ring (bicyclic) bond motifs is 9. The van der Waals surface area contributed by atoms with Crippen LogP contribution in [0.15, 0.2) is 352 Å². The summed E-state index contributed by atoms with van der Waals surface area (Å²) in [6.07, 6.45) is 0. The summed E-state index contributed by atoms with van der Waals surface area (Å²) >= 11 is 0. The lowest BCUT2D eigenvalue weighted by molar-refractivity contribution is 0.659. The molecule has 2 heteroatoms. The Balaban J connectivity index is 0.756. The molecule has 0 radical (unpaired) electrons. The van der Waals surface area contributed by atoms with E-state index in [2.05, 4.69) is 389 Å². The molecule has 2 nitrogen and oxygen atoms in total. The minimum Gasteiger partial charge on any atom is -0.310 e. The molecule has 2 aliphatic rings. The molecule has 0 amide bonds. The van der Waals surface area contributed by atoms with Crippen LogP contribution in [0, 0.1) is 0 Å². The molecule has 16 aromatic rings. The molecular formula is C96H70N2. The summed E-state index contributed by atoms with van der Waals surface area (Å²) in [6, 6.07) is 131. The Morgan fingerprint density at radius 2 is 0.551 bits per heavy atom. The Morgan fingerprint density at radius 1 is 0.204 bits per heavy atom. The van der Waals surface area contributed by atoms with Gasteiger partial charge >= 0.3 is 0 Å². The molecule has 1 aromatic heterocycles. The van der Waals surface area contributed by atoms with E-state index in [1.54, 1.807) is 0 Å². The molecule has 464 valence electrons. The largest absolute Gasteiger partial charge is 0.310 e. The number of nitrogens with zero attached hydrogens (tertiary/aromatic N) is 2. The zero-order chi connectivity index (χ0) is 65.6. The van der Waals surface area contributed by atoms with E-state index in [0.29, 0.717) is 0 Å². The van der Waals surface area contributed by atoms with E-state index in [4.69, 9.17) is 0 Å². The number of hydrogen-bond acceptors (Lipinski definition) is 1. The predicted molar refractivity (Wildman–Crippen MR) is 414 cm³/mol. The van der Waals surface area contributed by atoms with Gasteiger partial charge in [-0.2, -0.15) is 0 Å². The lowest BCUT2D eigenvalue weighted by Gasteiger charge is -2.29. The van der Waals surface area contributed by atoms with Gasteiger partial charge in [0, 0.05) is 44.4 Å². The average molecular weight is 1250 g/mol. The van der Waals surface area contributed by atoms with Crippen molar-refractivity contribution in [1.29, 1.82) is 0 Å². The molecule has 98 heavy (non-hydrogen) atoms. The molecule has 18 rings (SSSR count). The summed E-state index contributed by atoms with van der Waals surface area (Å²) in [6.45, 7) is 9.61. The van der Waals surface area contributed by atoms with Crippen LogP contribution in [0.4, 0.5) is 17.1 Å². The molecule has 0 unspecified atom stereocenters. The summed E-state index contributed by atoms with van der Waals surface area (Å²) in [4.78, 5) is 2.48. The van der Waals surface area contributed by atoms with Gasteiger partial charge in [-0.25, -0.2) is 0 Å². The summed E-state index contributed by atoms with van der Waals surface area (Å²) in [5, 5.41) is 2.55. The molecule has 0 N–H and O–H groups in total. The van der Waals surface area contributed by atoms with Gasteiger partial charge in [-0.15, -0.1) is 0 Å². The number of rotatable bonds is 12. The van der Waals surface area contributed by atoms with Gasteiger partial charge in [0.25, 0.3) is 0 Å². The van der Waals surface area contributed by atoms with E-state index in [9.17, 15) is 0 Å². The molecule has 0 atom stereocenters. The number of benzene rings is 15. The first-order valence-corrected chi connectivity index (χ1v) is 34.3. The number of anilines is 3. The highest BCUT2D eigenvalue weighted by atomic mass is 15.1. The molecule has 15 aromatic carbocycles. The molecule has 0 fully saturated rings. The van der Waals surface area contributed by atoms with Gasteiger partial charge in [0.1, 0.15) is 0 Å². The molecule has 0 saturated heterocycles. The van der Waals surface area contributed by atoms with Crippen molar-refractivity contribution in [3.8, 4) is 117 Å². The van der Waals surface area contributed by atoms with E-state index < -0.39 is 0 Å². The van der Waals surface area contributed by atoms with Gasteiger partial charge in [0.15, 0.2) is 0 Å². The van der Waals surface area contributed by atoms with Crippen molar-refractivity contribution in [2.24, 2.45) is 0 Å². The Morgan fingerprint density at radius 3 is 1.06 bits per heavy atom. The Hall–Kier alpha value is -12.1. The van der Waals surface area contributed by atoms with E-state index in [1.165, 1.54) is 128 Å².